The second kappa shape index (κ2) is 8.61. The number of aliphatic imine (C=N–C) groups is 1. The minimum atomic E-state index is -1.32. The zero-order chi connectivity index (χ0) is 23.8. The number of likely N-dealkylation sites (N-methyl/N-ethyl adjacent to an activating group) is 1. The smallest absolute Gasteiger partial charge is 0.371 e. The number of ether oxygens (including phenoxy) is 2. The molecule has 0 fully saturated rings. The third-order valence-corrected chi connectivity index (χ3v) is 7.93. The number of hydrogen-bond donors (Lipinski definition) is 1. The summed E-state index contributed by atoms with van der Waals surface area (Å²) in [5.41, 5.74) is 1.11. The van der Waals surface area contributed by atoms with Crippen LogP contribution in [0.25, 0.3) is 0 Å². The van der Waals surface area contributed by atoms with Gasteiger partial charge in [-0.25, -0.2) is 14.1 Å². The van der Waals surface area contributed by atoms with Crippen LogP contribution < -0.4 is 4.48 Å². The molecule has 33 heavy (non-hydrogen) atoms. The lowest BCUT2D eigenvalue weighted by molar-refractivity contribution is -0.145. The fourth-order valence-electron chi connectivity index (χ4n) is 4.51. The number of carbonyl (C=O) groups is 2. The van der Waals surface area contributed by atoms with Crippen LogP contribution >= 0.6 is 11.3 Å². The minimum Gasteiger partial charge on any atom is -0.489 e. The summed E-state index contributed by atoms with van der Waals surface area (Å²) in [6, 6.07) is 9.81. The molecule has 1 aromatic carbocycles. The van der Waals surface area contributed by atoms with Crippen LogP contribution in [0.1, 0.15) is 40.6 Å². The van der Waals surface area contributed by atoms with E-state index in [2.05, 4.69) is 0 Å². The molecule has 0 saturated carbocycles. The average molecular weight is 468 g/mol. The molecule has 0 amide bonds. The van der Waals surface area contributed by atoms with Gasteiger partial charge < -0.3 is 14.6 Å². The highest BCUT2D eigenvalue weighted by molar-refractivity contribution is 7.19. The van der Waals surface area contributed by atoms with Crippen LogP contribution in [0.5, 0.6) is 0 Å². The highest BCUT2D eigenvalue weighted by Gasteiger charge is 2.61. The summed E-state index contributed by atoms with van der Waals surface area (Å²) in [6.07, 6.45) is 6.07. The number of nitrogens with zero attached hydrogens (tertiary/aromatic N) is 2. The summed E-state index contributed by atoms with van der Waals surface area (Å²) in [6.45, 7) is 4.20. The number of fused-ring (bicyclic) bond motifs is 1. The molecule has 2 unspecified atom stereocenters. The lowest BCUT2D eigenvalue weighted by atomic mass is 9.86. The fourth-order valence-corrected chi connectivity index (χ4v) is 5.86. The number of benzene rings is 1. The van der Waals surface area contributed by atoms with Crippen LogP contribution in [0.4, 0.5) is 10.7 Å². The van der Waals surface area contributed by atoms with Crippen LogP contribution in [-0.4, -0.2) is 42.6 Å². The Hall–Kier alpha value is -3.23. The minimum absolute atomic E-state index is 0.0182. The number of carboxylic acid groups (broad SMARTS) is 1. The fraction of sp³-hybridized carbons (Fsp3) is 0.320. The standard InChI is InChI=1S/C25H26N2O5S/c1-5-19-26-20-16(2)21(23(28)31-4)33-22(20)27(19,3)25(24(29)30)13-11-18(12-14-25)32-15-17-9-7-6-8-10-17/h6-13H,5,14-15H2,1-4H3/p+1. The first kappa shape index (κ1) is 22.9. The normalized spacial score (nSPS) is 23.5. The van der Waals surface area contributed by atoms with Crippen LogP contribution in [0.3, 0.4) is 0 Å². The lowest BCUT2D eigenvalue weighted by Gasteiger charge is -2.43. The highest BCUT2D eigenvalue weighted by atomic mass is 32.1. The largest absolute Gasteiger partial charge is 0.489 e. The van der Waals surface area contributed by atoms with Crippen molar-refractivity contribution in [3.8, 4) is 0 Å². The summed E-state index contributed by atoms with van der Waals surface area (Å²) in [7, 11) is 3.21. The summed E-state index contributed by atoms with van der Waals surface area (Å²) >= 11 is 1.26. The molecule has 1 N–H and O–H groups in total. The molecule has 0 radical (unpaired) electrons. The molecule has 1 aromatic heterocycles. The Morgan fingerprint density at radius 2 is 2.00 bits per heavy atom. The first-order valence-corrected chi connectivity index (χ1v) is 11.6. The molecular formula is C25H27N2O5S+. The number of allylic oxidation sites excluding steroid dienone is 1. The van der Waals surface area contributed by atoms with Gasteiger partial charge in [-0.2, -0.15) is 4.99 Å². The van der Waals surface area contributed by atoms with E-state index in [0.717, 1.165) is 22.0 Å². The molecule has 0 spiro atoms. The quantitative estimate of drug-likeness (QED) is 0.451. The van der Waals surface area contributed by atoms with Crippen molar-refractivity contribution in [2.24, 2.45) is 4.99 Å². The maximum absolute atomic E-state index is 12.8. The molecule has 1 aliphatic carbocycles. The SMILES string of the molecule is CCC1=Nc2c(sc(C(=O)OC)c2C)[N+]1(C)C1(C(=O)O)C=CC(OCc2ccccc2)=CC1. The van der Waals surface area contributed by atoms with Gasteiger partial charge in [0.1, 0.15) is 22.9 Å². The number of quaternary nitrogens is 1. The molecule has 8 heteroatoms. The monoisotopic (exact) mass is 467 g/mol. The molecule has 4 rings (SSSR count). The summed E-state index contributed by atoms with van der Waals surface area (Å²) < 4.78 is 10.8. The Kier molecular flexibility index (Phi) is 5.99. The van der Waals surface area contributed by atoms with Gasteiger partial charge in [-0.05, 0) is 30.7 Å². The van der Waals surface area contributed by atoms with E-state index >= 15 is 0 Å². The number of carboxylic acids is 1. The highest BCUT2D eigenvalue weighted by Crippen LogP contribution is 2.54. The van der Waals surface area contributed by atoms with Crippen molar-refractivity contribution in [2.75, 3.05) is 14.2 Å². The molecule has 0 bridgehead atoms. The van der Waals surface area contributed by atoms with Crippen LogP contribution in [0.15, 0.2) is 59.3 Å². The van der Waals surface area contributed by atoms with Gasteiger partial charge in [0.05, 0.1) is 14.2 Å². The van der Waals surface area contributed by atoms with Crippen molar-refractivity contribution in [3.63, 3.8) is 0 Å². The number of rotatable bonds is 7. The topological polar surface area (TPSA) is 85.2 Å². The van der Waals surface area contributed by atoms with Crippen LogP contribution in [-0.2, 0) is 20.9 Å². The predicted molar refractivity (Wildman–Crippen MR) is 129 cm³/mol. The molecule has 2 heterocycles. The van der Waals surface area contributed by atoms with Crippen molar-refractivity contribution < 1.29 is 24.2 Å². The Balaban J connectivity index is 1.71. The lowest BCUT2D eigenvalue weighted by Crippen LogP contribution is -2.68. The number of esters is 1. The molecular weight excluding hydrogens is 440 g/mol. The Bertz CT molecular complexity index is 1200. The van der Waals surface area contributed by atoms with Gasteiger partial charge in [-0.15, -0.1) is 0 Å². The predicted octanol–water partition coefficient (Wildman–Crippen LogP) is 5.12. The van der Waals surface area contributed by atoms with Gasteiger partial charge in [-0.1, -0.05) is 48.6 Å². The third kappa shape index (κ3) is 3.50. The van der Waals surface area contributed by atoms with Gasteiger partial charge in [0.15, 0.2) is 0 Å². The van der Waals surface area contributed by atoms with Crippen molar-refractivity contribution in [2.45, 2.75) is 38.8 Å². The number of methoxy groups -OCH3 is 1. The van der Waals surface area contributed by atoms with E-state index in [9.17, 15) is 14.7 Å². The average Bonchev–Trinajstić information content (AvgIpc) is 3.32. The third-order valence-electron chi connectivity index (χ3n) is 6.50. The van der Waals surface area contributed by atoms with E-state index in [1.807, 2.05) is 57.3 Å². The first-order chi connectivity index (χ1) is 15.8. The summed E-state index contributed by atoms with van der Waals surface area (Å²) in [5.74, 6) is -0.0229. The van der Waals surface area contributed by atoms with E-state index in [1.165, 1.54) is 18.4 Å². The molecule has 2 atom stereocenters. The van der Waals surface area contributed by atoms with E-state index < -0.39 is 17.5 Å². The number of hydrogen-bond acceptors (Lipinski definition) is 6. The Morgan fingerprint density at radius 1 is 1.27 bits per heavy atom. The maximum atomic E-state index is 12.8. The van der Waals surface area contributed by atoms with Crippen molar-refractivity contribution in [1.82, 2.24) is 4.48 Å². The summed E-state index contributed by atoms with van der Waals surface area (Å²) in [4.78, 5) is 30.4. The first-order valence-electron chi connectivity index (χ1n) is 10.7. The number of thiophene rings is 1. The zero-order valence-corrected chi connectivity index (χ0v) is 19.9. The molecule has 7 nitrogen and oxygen atoms in total. The van der Waals surface area contributed by atoms with Crippen LogP contribution in [0, 0.1) is 6.92 Å². The van der Waals surface area contributed by atoms with E-state index in [0.29, 0.717) is 29.4 Å². The van der Waals surface area contributed by atoms with Crippen molar-refractivity contribution in [3.05, 3.63) is 70.3 Å². The summed E-state index contributed by atoms with van der Waals surface area (Å²) in [5, 5.41) is 11.2. The Morgan fingerprint density at radius 3 is 2.58 bits per heavy atom. The van der Waals surface area contributed by atoms with Crippen molar-refractivity contribution >= 4 is 39.8 Å². The second-order valence-electron chi connectivity index (χ2n) is 8.24. The molecule has 1 aliphatic heterocycles. The number of aliphatic carboxylic acids is 1. The zero-order valence-electron chi connectivity index (χ0n) is 19.1. The van der Waals surface area contributed by atoms with Crippen LogP contribution in [0.2, 0.25) is 0 Å². The van der Waals surface area contributed by atoms with Gasteiger partial charge in [-0.3, -0.25) is 0 Å². The van der Waals surface area contributed by atoms with Gasteiger partial charge in [0.25, 0.3) is 0 Å². The van der Waals surface area contributed by atoms with Gasteiger partial charge >= 0.3 is 11.9 Å². The number of amidine groups is 1. The molecule has 2 aromatic rings. The maximum Gasteiger partial charge on any atom is 0.371 e. The molecule has 0 saturated heterocycles. The number of carbonyl (C=O) groups excluding carboxylic acids is 1. The molecule has 2 aliphatic rings. The van der Waals surface area contributed by atoms with E-state index in [4.69, 9.17) is 14.5 Å². The van der Waals surface area contributed by atoms with Crippen molar-refractivity contribution in [1.29, 1.82) is 0 Å². The van der Waals surface area contributed by atoms with Gasteiger partial charge in [0, 0.05) is 18.4 Å². The van der Waals surface area contributed by atoms with Gasteiger partial charge in [0.2, 0.25) is 16.4 Å². The van der Waals surface area contributed by atoms with E-state index in [1.54, 1.807) is 12.2 Å². The second-order valence-corrected chi connectivity index (χ2v) is 9.24. The molecule has 172 valence electrons. The Labute approximate surface area is 196 Å². The van der Waals surface area contributed by atoms with E-state index in [-0.39, 0.29) is 10.9 Å².